The Morgan fingerprint density at radius 3 is 2.34 bits per heavy atom. The van der Waals surface area contributed by atoms with Crippen molar-refractivity contribution in [2.75, 3.05) is 18.5 Å². The Labute approximate surface area is 172 Å². The minimum atomic E-state index is -0.174. The van der Waals surface area contributed by atoms with E-state index in [-0.39, 0.29) is 5.91 Å². The molecule has 150 valence electrons. The number of benzene rings is 3. The molecule has 0 unspecified atom stereocenters. The molecule has 0 aliphatic heterocycles. The molecule has 0 radical (unpaired) electrons. The van der Waals surface area contributed by atoms with Crippen molar-refractivity contribution in [2.24, 2.45) is 0 Å². The predicted molar refractivity (Wildman–Crippen MR) is 117 cm³/mol. The van der Waals surface area contributed by atoms with Crippen LogP contribution >= 0.6 is 0 Å². The van der Waals surface area contributed by atoms with Crippen molar-refractivity contribution in [1.82, 2.24) is 0 Å². The van der Waals surface area contributed by atoms with Gasteiger partial charge in [0, 0.05) is 23.7 Å². The molecule has 4 nitrogen and oxygen atoms in total. The fraction of sp³-hybridized carbons (Fsp3) is 0.240. The third-order valence-corrected chi connectivity index (χ3v) is 4.46. The number of carbonyl (C=O) groups excluding carboxylic acids is 1. The summed E-state index contributed by atoms with van der Waals surface area (Å²) in [4.78, 5) is 12.6. The Hall–Kier alpha value is -3.27. The number of hydrogen-bond donors (Lipinski definition) is 1. The van der Waals surface area contributed by atoms with Gasteiger partial charge >= 0.3 is 0 Å². The van der Waals surface area contributed by atoms with Crippen LogP contribution in [0.3, 0.4) is 0 Å². The Balaban J connectivity index is 1.55. The lowest BCUT2D eigenvalue weighted by molar-refractivity contribution is 0.102. The van der Waals surface area contributed by atoms with Crippen molar-refractivity contribution in [2.45, 2.75) is 26.2 Å². The zero-order valence-electron chi connectivity index (χ0n) is 16.8. The first-order valence-electron chi connectivity index (χ1n) is 10.1. The number of nitrogens with one attached hydrogen (secondary N) is 1. The van der Waals surface area contributed by atoms with Crippen LogP contribution in [-0.2, 0) is 6.42 Å². The van der Waals surface area contributed by atoms with Gasteiger partial charge in [0.15, 0.2) is 0 Å². The van der Waals surface area contributed by atoms with E-state index in [0.717, 1.165) is 25.0 Å². The van der Waals surface area contributed by atoms with Gasteiger partial charge in [0.1, 0.15) is 11.5 Å². The molecule has 3 aromatic carbocycles. The number of amides is 1. The molecule has 0 spiro atoms. The molecule has 0 aliphatic rings. The lowest BCUT2D eigenvalue weighted by Gasteiger charge is -2.10. The highest BCUT2D eigenvalue weighted by molar-refractivity contribution is 6.04. The summed E-state index contributed by atoms with van der Waals surface area (Å²) >= 11 is 0. The van der Waals surface area contributed by atoms with Crippen LogP contribution in [0.2, 0.25) is 0 Å². The average molecular weight is 389 g/mol. The molecule has 0 atom stereocenters. The third kappa shape index (κ3) is 6.68. The molecule has 3 aromatic rings. The van der Waals surface area contributed by atoms with Crippen LogP contribution < -0.4 is 14.8 Å². The lowest BCUT2D eigenvalue weighted by atomic mass is 10.2. The predicted octanol–water partition coefficient (Wildman–Crippen LogP) is 5.74. The van der Waals surface area contributed by atoms with Crippen LogP contribution in [0.15, 0.2) is 78.9 Å². The molecular weight excluding hydrogens is 362 g/mol. The second-order valence-electron chi connectivity index (χ2n) is 6.80. The maximum absolute atomic E-state index is 12.6. The Morgan fingerprint density at radius 1 is 0.828 bits per heavy atom. The van der Waals surface area contributed by atoms with Crippen LogP contribution in [0.25, 0.3) is 0 Å². The molecule has 1 N–H and O–H groups in total. The summed E-state index contributed by atoms with van der Waals surface area (Å²) in [5.41, 5.74) is 2.50. The summed E-state index contributed by atoms with van der Waals surface area (Å²) in [6.07, 6.45) is 2.90. The van der Waals surface area contributed by atoms with Gasteiger partial charge in [-0.2, -0.15) is 0 Å². The Morgan fingerprint density at radius 2 is 1.55 bits per heavy atom. The molecule has 0 fully saturated rings. The number of carbonyl (C=O) groups is 1. The number of ether oxygens (including phenoxy) is 2. The molecule has 0 heterocycles. The van der Waals surface area contributed by atoms with Gasteiger partial charge in [-0.05, 0) is 42.3 Å². The minimum absolute atomic E-state index is 0.174. The topological polar surface area (TPSA) is 47.6 Å². The van der Waals surface area contributed by atoms with E-state index >= 15 is 0 Å². The van der Waals surface area contributed by atoms with E-state index in [1.807, 2.05) is 54.6 Å². The highest BCUT2D eigenvalue weighted by atomic mass is 16.5. The van der Waals surface area contributed by atoms with Gasteiger partial charge in [0.25, 0.3) is 5.91 Å². The SMILES string of the molecule is CCCCOc1cccc(C(=O)Nc2cccc(OCCc3ccccc3)c2)c1. The van der Waals surface area contributed by atoms with Gasteiger partial charge in [-0.1, -0.05) is 55.8 Å². The zero-order valence-corrected chi connectivity index (χ0v) is 16.8. The standard InChI is InChI=1S/C25H27NO3/c1-2-3-16-28-23-13-7-11-21(18-23)25(27)26-22-12-8-14-24(19-22)29-17-15-20-9-5-4-6-10-20/h4-14,18-19H,2-3,15-17H2,1H3,(H,26,27). The van der Waals surface area contributed by atoms with Crippen molar-refractivity contribution in [3.8, 4) is 11.5 Å². The Bertz CT molecular complexity index is 909. The van der Waals surface area contributed by atoms with E-state index in [0.29, 0.717) is 30.2 Å². The number of hydrogen-bond acceptors (Lipinski definition) is 3. The molecule has 0 saturated heterocycles. The van der Waals surface area contributed by atoms with Gasteiger partial charge in [-0.15, -0.1) is 0 Å². The first kappa shape index (κ1) is 20.5. The highest BCUT2D eigenvalue weighted by Gasteiger charge is 2.08. The second kappa shape index (κ2) is 10.9. The number of rotatable bonds is 10. The van der Waals surface area contributed by atoms with Crippen LogP contribution in [0.1, 0.15) is 35.7 Å². The molecule has 0 aliphatic carbocycles. The summed E-state index contributed by atoms with van der Waals surface area (Å²) < 4.78 is 11.5. The van der Waals surface area contributed by atoms with E-state index in [9.17, 15) is 4.79 Å². The molecule has 0 bridgehead atoms. The third-order valence-electron chi connectivity index (χ3n) is 4.46. The summed E-state index contributed by atoms with van der Waals surface area (Å²) in [6.45, 7) is 3.36. The Kier molecular flexibility index (Phi) is 7.70. The zero-order chi connectivity index (χ0) is 20.3. The molecule has 29 heavy (non-hydrogen) atoms. The minimum Gasteiger partial charge on any atom is -0.494 e. The second-order valence-corrected chi connectivity index (χ2v) is 6.80. The van der Waals surface area contributed by atoms with Crippen molar-refractivity contribution < 1.29 is 14.3 Å². The van der Waals surface area contributed by atoms with Gasteiger partial charge in [-0.25, -0.2) is 0 Å². The van der Waals surface area contributed by atoms with E-state index in [4.69, 9.17) is 9.47 Å². The molecule has 0 saturated carbocycles. The molecule has 3 rings (SSSR count). The van der Waals surface area contributed by atoms with Crippen LogP contribution in [-0.4, -0.2) is 19.1 Å². The van der Waals surface area contributed by atoms with Crippen LogP contribution in [0.4, 0.5) is 5.69 Å². The quantitative estimate of drug-likeness (QED) is 0.450. The first-order valence-corrected chi connectivity index (χ1v) is 10.1. The van der Waals surface area contributed by atoms with Crippen molar-refractivity contribution in [3.63, 3.8) is 0 Å². The van der Waals surface area contributed by atoms with Crippen molar-refractivity contribution >= 4 is 11.6 Å². The largest absolute Gasteiger partial charge is 0.494 e. The van der Waals surface area contributed by atoms with E-state index in [1.165, 1.54) is 5.56 Å². The fourth-order valence-electron chi connectivity index (χ4n) is 2.86. The smallest absolute Gasteiger partial charge is 0.255 e. The molecule has 4 heteroatoms. The van der Waals surface area contributed by atoms with E-state index < -0.39 is 0 Å². The van der Waals surface area contributed by atoms with Crippen LogP contribution in [0, 0.1) is 0 Å². The normalized spacial score (nSPS) is 10.4. The molecule has 1 amide bonds. The van der Waals surface area contributed by atoms with Crippen molar-refractivity contribution in [1.29, 1.82) is 0 Å². The number of unbranched alkanes of at least 4 members (excludes halogenated alkanes) is 1. The average Bonchev–Trinajstić information content (AvgIpc) is 2.75. The monoisotopic (exact) mass is 389 g/mol. The van der Waals surface area contributed by atoms with E-state index in [1.54, 1.807) is 12.1 Å². The molecule has 0 aromatic heterocycles. The summed E-state index contributed by atoms with van der Waals surface area (Å²) in [5, 5.41) is 2.93. The van der Waals surface area contributed by atoms with Crippen LogP contribution in [0.5, 0.6) is 11.5 Å². The van der Waals surface area contributed by atoms with Gasteiger partial charge < -0.3 is 14.8 Å². The van der Waals surface area contributed by atoms with Crippen molar-refractivity contribution in [3.05, 3.63) is 90.0 Å². The summed E-state index contributed by atoms with van der Waals surface area (Å²) in [5.74, 6) is 1.27. The summed E-state index contributed by atoms with van der Waals surface area (Å²) in [6, 6.07) is 24.9. The first-order chi connectivity index (χ1) is 14.2. The highest BCUT2D eigenvalue weighted by Crippen LogP contribution is 2.20. The molecular formula is C25H27NO3. The maximum atomic E-state index is 12.6. The fourth-order valence-corrected chi connectivity index (χ4v) is 2.86. The van der Waals surface area contributed by atoms with Gasteiger partial charge in [0.2, 0.25) is 0 Å². The maximum Gasteiger partial charge on any atom is 0.255 e. The lowest BCUT2D eigenvalue weighted by Crippen LogP contribution is -2.12. The van der Waals surface area contributed by atoms with Gasteiger partial charge in [-0.3, -0.25) is 4.79 Å². The summed E-state index contributed by atoms with van der Waals surface area (Å²) in [7, 11) is 0. The number of anilines is 1. The van der Waals surface area contributed by atoms with E-state index in [2.05, 4.69) is 24.4 Å². The van der Waals surface area contributed by atoms with Gasteiger partial charge in [0.05, 0.1) is 13.2 Å².